The highest BCUT2D eigenvalue weighted by Crippen LogP contribution is 2.29. The van der Waals surface area contributed by atoms with Crippen molar-refractivity contribution in [2.75, 3.05) is 0 Å². The molecule has 0 radical (unpaired) electrons. The molecule has 0 aliphatic heterocycles. The standard InChI is InChI=1S/C13H11F3N2O/c1-8-5-10(11-7-17-9(2)6-18-11)3-4-12(8)19-13(14,15)16/h3-7H,1-2H3. The molecule has 0 saturated heterocycles. The zero-order valence-electron chi connectivity index (χ0n) is 10.3. The average Bonchev–Trinajstić information content (AvgIpc) is 2.31. The van der Waals surface area contributed by atoms with E-state index in [0.29, 0.717) is 16.8 Å². The van der Waals surface area contributed by atoms with Gasteiger partial charge < -0.3 is 4.74 Å². The van der Waals surface area contributed by atoms with Crippen LogP contribution >= 0.6 is 0 Å². The van der Waals surface area contributed by atoms with Crippen molar-refractivity contribution in [1.82, 2.24) is 9.97 Å². The molecule has 6 heteroatoms. The molecule has 0 N–H and O–H groups in total. The molecule has 19 heavy (non-hydrogen) atoms. The normalized spacial score (nSPS) is 11.4. The second-order valence-electron chi connectivity index (χ2n) is 4.07. The SMILES string of the molecule is Cc1cnc(-c2ccc(OC(F)(F)F)c(C)c2)cn1. The first kappa shape index (κ1) is 13.3. The monoisotopic (exact) mass is 268 g/mol. The summed E-state index contributed by atoms with van der Waals surface area (Å²) in [5, 5.41) is 0. The molecule has 0 atom stereocenters. The van der Waals surface area contributed by atoms with Gasteiger partial charge in [0, 0.05) is 11.8 Å². The number of aromatic nitrogens is 2. The smallest absolute Gasteiger partial charge is 0.406 e. The molecule has 1 aromatic carbocycles. The van der Waals surface area contributed by atoms with Gasteiger partial charge in [0.1, 0.15) is 5.75 Å². The molecule has 2 rings (SSSR count). The van der Waals surface area contributed by atoms with Crippen LogP contribution in [-0.2, 0) is 0 Å². The maximum Gasteiger partial charge on any atom is 0.573 e. The summed E-state index contributed by atoms with van der Waals surface area (Å²) in [5.74, 6) is -0.212. The third kappa shape index (κ3) is 3.43. The largest absolute Gasteiger partial charge is 0.573 e. The topological polar surface area (TPSA) is 35.0 Å². The van der Waals surface area contributed by atoms with Crippen molar-refractivity contribution >= 4 is 0 Å². The summed E-state index contributed by atoms with van der Waals surface area (Å²) in [6.45, 7) is 3.36. The van der Waals surface area contributed by atoms with E-state index < -0.39 is 6.36 Å². The van der Waals surface area contributed by atoms with E-state index in [1.165, 1.54) is 12.1 Å². The van der Waals surface area contributed by atoms with Crippen LogP contribution in [0, 0.1) is 13.8 Å². The van der Waals surface area contributed by atoms with Crippen LogP contribution in [0.2, 0.25) is 0 Å². The first-order valence-electron chi connectivity index (χ1n) is 5.50. The Kier molecular flexibility index (Phi) is 3.42. The first-order valence-corrected chi connectivity index (χ1v) is 5.50. The summed E-state index contributed by atoms with van der Waals surface area (Å²) >= 11 is 0. The molecular weight excluding hydrogens is 257 g/mol. The highest BCUT2D eigenvalue weighted by Gasteiger charge is 2.31. The summed E-state index contributed by atoms with van der Waals surface area (Å²) in [5.41, 5.74) is 2.46. The van der Waals surface area contributed by atoms with E-state index in [0.717, 1.165) is 5.69 Å². The minimum atomic E-state index is -4.68. The molecule has 2 aromatic rings. The Hall–Kier alpha value is -2.11. The van der Waals surface area contributed by atoms with Crippen molar-refractivity contribution in [3.05, 3.63) is 41.9 Å². The molecule has 0 saturated carbocycles. The minimum absolute atomic E-state index is 0.212. The molecule has 0 unspecified atom stereocenters. The number of benzene rings is 1. The molecule has 0 fully saturated rings. The van der Waals surface area contributed by atoms with E-state index in [1.807, 2.05) is 6.92 Å². The lowest BCUT2D eigenvalue weighted by Crippen LogP contribution is -2.17. The summed E-state index contributed by atoms with van der Waals surface area (Å²) in [4.78, 5) is 8.26. The van der Waals surface area contributed by atoms with Gasteiger partial charge in [0.2, 0.25) is 0 Å². The molecule has 0 spiro atoms. The molecule has 0 amide bonds. The fourth-order valence-electron chi connectivity index (χ4n) is 1.59. The van der Waals surface area contributed by atoms with Gasteiger partial charge in [0.05, 0.1) is 17.6 Å². The predicted octanol–water partition coefficient (Wildman–Crippen LogP) is 3.66. The van der Waals surface area contributed by atoms with Crippen molar-refractivity contribution in [1.29, 1.82) is 0 Å². The van der Waals surface area contributed by atoms with Gasteiger partial charge in [0.15, 0.2) is 0 Å². The van der Waals surface area contributed by atoms with Crippen molar-refractivity contribution in [2.24, 2.45) is 0 Å². The first-order chi connectivity index (χ1) is 8.85. The predicted molar refractivity (Wildman–Crippen MR) is 63.6 cm³/mol. The van der Waals surface area contributed by atoms with Crippen LogP contribution in [0.3, 0.4) is 0 Å². The Morgan fingerprint density at radius 2 is 1.79 bits per heavy atom. The minimum Gasteiger partial charge on any atom is -0.406 e. The fourth-order valence-corrected chi connectivity index (χ4v) is 1.59. The van der Waals surface area contributed by atoms with Gasteiger partial charge in [0.25, 0.3) is 0 Å². The Labute approximate surface area is 108 Å². The number of hydrogen-bond acceptors (Lipinski definition) is 3. The molecule has 0 aliphatic rings. The summed E-state index contributed by atoms with van der Waals surface area (Å²) < 4.78 is 40.3. The van der Waals surface area contributed by atoms with E-state index in [9.17, 15) is 13.2 Å². The van der Waals surface area contributed by atoms with Gasteiger partial charge in [-0.2, -0.15) is 0 Å². The number of rotatable bonds is 2. The Bertz CT molecular complexity index is 579. The highest BCUT2D eigenvalue weighted by atomic mass is 19.4. The molecular formula is C13H11F3N2O. The van der Waals surface area contributed by atoms with Crippen molar-refractivity contribution in [3.63, 3.8) is 0 Å². The third-order valence-electron chi connectivity index (χ3n) is 2.48. The lowest BCUT2D eigenvalue weighted by Gasteiger charge is -2.12. The second-order valence-corrected chi connectivity index (χ2v) is 4.07. The van der Waals surface area contributed by atoms with Crippen LogP contribution in [0.15, 0.2) is 30.6 Å². The maximum absolute atomic E-state index is 12.1. The number of halogens is 3. The van der Waals surface area contributed by atoms with Crippen LogP contribution in [0.1, 0.15) is 11.3 Å². The molecule has 1 heterocycles. The van der Waals surface area contributed by atoms with Crippen LogP contribution in [-0.4, -0.2) is 16.3 Å². The third-order valence-corrected chi connectivity index (χ3v) is 2.48. The molecule has 1 aromatic heterocycles. The summed E-state index contributed by atoms with van der Waals surface area (Å²) in [6.07, 6.45) is -1.50. The number of alkyl halides is 3. The zero-order chi connectivity index (χ0) is 14.0. The van der Waals surface area contributed by atoms with Gasteiger partial charge in [-0.1, -0.05) is 0 Å². The zero-order valence-corrected chi connectivity index (χ0v) is 10.3. The van der Waals surface area contributed by atoms with E-state index in [2.05, 4.69) is 14.7 Å². The van der Waals surface area contributed by atoms with Gasteiger partial charge >= 0.3 is 6.36 Å². The fraction of sp³-hybridized carbons (Fsp3) is 0.231. The van der Waals surface area contributed by atoms with E-state index in [1.54, 1.807) is 25.4 Å². The summed E-state index contributed by atoms with van der Waals surface area (Å²) in [6, 6.07) is 4.38. The van der Waals surface area contributed by atoms with Crippen molar-refractivity contribution in [2.45, 2.75) is 20.2 Å². The lowest BCUT2D eigenvalue weighted by molar-refractivity contribution is -0.274. The van der Waals surface area contributed by atoms with Gasteiger partial charge in [-0.3, -0.25) is 9.97 Å². The maximum atomic E-state index is 12.1. The molecule has 0 bridgehead atoms. The lowest BCUT2D eigenvalue weighted by atomic mass is 10.1. The van der Waals surface area contributed by atoms with E-state index in [-0.39, 0.29) is 5.75 Å². The van der Waals surface area contributed by atoms with Crippen molar-refractivity contribution in [3.8, 4) is 17.0 Å². The number of nitrogens with zero attached hydrogens (tertiary/aromatic N) is 2. The Morgan fingerprint density at radius 1 is 1.05 bits per heavy atom. The number of ether oxygens (including phenoxy) is 1. The Morgan fingerprint density at radius 3 is 2.32 bits per heavy atom. The van der Waals surface area contributed by atoms with Gasteiger partial charge in [-0.15, -0.1) is 13.2 Å². The van der Waals surface area contributed by atoms with Gasteiger partial charge in [-0.25, -0.2) is 0 Å². The summed E-state index contributed by atoms with van der Waals surface area (Å²) in [7, 11) is 0. The number of hydrogen-bond donors (Lipinski definition) is 0. The van der Waals surface area contributed by atoms with Crippen LogP contribution < -0.4 is 4.74 Å². The van der Waals surface area contributed by atoms with E-state index in [4.69, 9.17) is 0 Å². The van der Waals surface area contributed by atoms with E-state index >= 15 is 0 Å². The van der Waals surface area contributed by atoms with Gasteiger partial charge in [-0.05, 0) is 37.6 Å². The van der Waals surface area contributed by atoms with Crippen molar-refractivity contribution < 1.29 is 17.9 Å². The van der Waals surface area contributed by atoms with Crippen LogP contribution in [0.25, 0.3) is 11.3 Å². The van der Waals surface area contributed by atoms with Crippen LogP contribution in [0.4, 0.5) is 13.2 Å². The Balaban J connectivity index is 2.31. The molecule has 3 nitrogen and oxygen atoms in total. The molecule has 100 valence electrons. The average molecular weight is 268 g/mol. The van der Waals surface area contributed by atoms with Crippen LogP contribution in [0.5, 0.6) is 5.75 Å². The molecule has 0 aliphatic carbocycles. The quantitative estimate of drug-likeness (QED) is 0.833. The second kappa shape index (κ2) is 4.87. The highest BCUT2D eigenvalue weighted by molar-refractivity contribution is 5.61. The number of aryl methyl sites for hydroxylation is 2.